The number of hydrogen-bond donors (Lipinski definition) is 6. The molecule has 0 unspecified atom stereocenters. The first-order valence-electron chi connectivity index (χ1n) is 16.0. The van der Waals surface area contributed by atoms with E-state index in [4.69, 9.17) is 9.47 Å². The summed E-state index contributed by atoms with van der Waals surface area (Å²) in [5.41, 5.74) is -8.96. The molecule has 236 valence electrons. The molecule has 0 radical (unpaired) electrons. The van der Waals surface area contributed by atoms with Gasteiger partial charge in [0.25, 0.3) is 0 Å². The number of fused-ring (bicyclic) bond motifs is 5. The minimum atomic E-state index is -2.06. The molecule has 0 aromatic heterocycles. The lowest BCUT2D eigenvalue weighted by atomic mass is 9.49. The van der Waals surface area contributed by atoms with E-state index in [1.807, 2.05) is 6.92 Å². The normalized spacial score (nSPS) is 60.3. The Bertz CT molecular complexity index is 1220. The number of rotatable bonds is 2. The van der Waals surface area contributed by atoms with Gasteiger partial charge in [-0.15, -0.1) is 0 Å². The number of carbonyl (C=O) groups is 1. The number of nitrogens with zero attached hydrogens (tertiary/aromatic N) is 1. The van der Waals surface area contributed by atoms with E-state index in [1.54, 1.807) is 26.8 Å². The van der Waals surface area contributed by atoms with E-state index in [9.17, 15) is 35.4 Å². The highest BCUT2D eigenvalue weighted by Crippen LogP contribution is 2.78. The summed E-state index contributed by atoms with van der Waals surface area (Å²) >= 11 is 0. The standard InChI is InChI=1S/C32H49NO9/c1-6-18(3)25(35)41-24-11-12-26(4)19-8-9-20-28(37)13-23(34)31(39)21(29(28,38)16-30(20,26)42-32(19,24)40)15-33-14-17(2)7-10-22(33)27(31,5)36/h6,17,19-24,34,36-40H,7-16H2,1-5H3/t17-,19-,20-,21-,22-,23-,24-,26-,27+,28+,29+,30+,31-,32+/m0/s1. The van der Waals surface area contributed by atoms with Gasteiger partial charge in [0.1, 0.15) is 22.4 Å². The molecule has 14 atom stereocenters. The van der Waals surface area contributed by atoms with Gasteiger partial charge in [-0.1, -0.05) is 19.9 Å². The molecule has 10 nitrogen and oxygen atoms in total. The maximum atomic E-state index is 12.9. The molecule has 1 spiro atoms. The molecule has 10 heteroatoms. The van der Waals surface area contributed by atoms with Crippen molar-refractivity contribution in [1.29, 1.82) is 0 Å². The van der Waals surface area contributed by atoms with E-state index in [0.717, 1.165) is 6.42 Å². The zero-order valence-corrected chi connectivity index (χ0v) is 25.5. The van der Waals surface area contributed by atoms with Crippen molar-refractivity contribution in [2.45, 2.75) is 138 Å². The zero-order valence-electron chi connectivity index (χ0n) is 25.5. The van der Waals surface area contributed by atoms with Gasteiger partial charge in [0, 0.05) is 60.7 Å². The lowest BCUT2D eigenvalue weighted by Crippen LogP contribution is -2.85. The fourth-order valence-corrected chi connectivity index (χ4v) is 11.8. The molecule has 7 aliphatic rings. The highest BCUT2D eigenvalue weighted by atomic mass is 16.7. The number of allylic oxidation sites excluding steroid dienone is 1. The van der Waals surface area contributed by atoms with Crippen LogP contribution in [0, 0.1) is 29.1 Å². The molecule has 4 saturated carbocycles. The Labute approximate surface area is 247 Å². The summed E-state index contributed by atoms with van der Waals surface area (Å²) in [4.78, 5) is 14.9. The van der Waals surface area contributed by atoms with Gasteiger partial charge in [0.2, 0.25) is 5.79 Å². The number of ether oxygens (including phenoxy) is 2. The maximum Gasteiger partial charge on any atom is 0.333 e. The van der Waals surface area contributed by atoms with Crippen LogP contribution in [0.2, 0.25) is 0 Å². The van der Waals surface area contributed by atoms with Gasteiger partial charge in [-0.2, -0.15) is 0 Å². The average molecular weight is 592 g/mol. The predicted octanol–water partition coefficient (Wildman–Crippen LogP) is 0.991. The van der Waals surface area contributed by atoms with Gasteiger partial charge in [-0.25, -0.2) is 4.79 Å². The van der Waals surface area contributed by atoms with Crippen LogP contribution in [0.15, 0.2) is 11.6 Å². The van der Waals surface area contributed by atoms with Crippen molar-refractivity contribution < 1.29 is 44.9 Å². The summed E-state index contributed by atoms with van der Waals surface area (Å²) in [7, 11) is 0. The molecule has 3 aliphatic heterocycles. The van der Waals surface area contributed by atoms with Crippen LogP contribution in [0.3, 0.4) is 0 Å². The Balaban J connectivity index is 1.32. The molecular weight excluding hydrogens is 542 g/mol. The first-order valence-corrected chi connectivity index (χ1v) is 16.0. The smallest absolute Gasteiger partial charge is 0.333 e. The summed E-state index contributed by atoms with van der Waals surface area (Å²) in [6.07, 6.45) is 2.30. The summed E-state index contributed by atoms with van der Waals surface area (Å²) in [6.45, 7) is 10.1. The predicted molar refractivity (Wildman–Crippen MR) is 150 cm³/mol. The van der Waals surface area contributed by atoms with Crippen LogP contribution in [0.4, 0.5) is 0 Å². The SMILES string of the molecule is CC=C(C)C(=O)O[C@H]1CC[C@@]2(C)[C@@H]3CC[C@H]4[C@]5(O)C[C@H](O)[C@@]6(O)[C@@H](CN7C[C@@H](C)CC[C@H]7[C@@]6(C)O)[C@]5(O)C[C@@]42O[C@@]13O. The molecule has 4 bridgehead atoms. The van der Waals surface area contributed by atoms with Gasteiger partial charge in [-0.05, 0) is 65.2 Å². The Hall–Kier alpha value is -1.11. The quantitative estimate of drug-likeness (QED) is 0.202. The summed E-state index contributed by atoms with van der Waals surface area (Å²) in [5, 5.41) is 73.9. The number of esters is 1. The van der Waals surface area contributed by atoms with Crippen LogP contribution < -0.4 is 0 Å². The van der Waals surface area contributed by atoms with Crippen molar-refractivity contribution in [2.75, 3.05) is 13.1 Å². The molecule has 0 aromatic carbocycles. The molecule has 3 heterocycles. The third kappa shape index (κ3) is 3.07. The summed E-state index contributed by atoms with van der Waals surface area (Å²) < 4.78 is 12.6. The molecular formula is C32H49NO9. The number of aliphatic hydroxyl groups excluding tert-OH is 1. The van der Waals surface area contributed by atoms with Crippen LogP contribution >= 0.6 is 0 Å². The van der Waals surface area contributed by atoms with E-state index >= 15 is 0 Å². The fraction of sp³-hybridized carbons (Fsp3) is 0.906. The van der Waals surface area contributed by atoms with Crippen molar-refractivity contribution in [3.05, 3.63) is 11.6 Å². The van der Waals surface area contributed by atoms with Gasteiger partial charge in [0.05, 0.1) is 11.7 Å². The van der Waals surface area contributed by atoms with Crippen molar-refractivity contribution in [1.82, 2.24) is 4.90 Å². The molecule has 7 rings (SSSR count). The monoisotopic (exact) mass is 591 g/mol. The van der Waals surface area contributed by atoms with Crippen LogP contribution in [-0.2, 0) is 14.3 Å². The average Bonchev–Trinajstić information content (AvgIpc) is 3.09. The van der Waals surface area contributed by atoms with Crippen LogP contribution in [-0.4, -0.2) is 107 Å². The number of piperidine rings is 2. The number of aliphatic hydroxyl groups is 6. The largest absolute Gasteiger partial charge is 0.453 e. The zero-order chi connectivity index (χ0) is 30.5. The third-order valence-corrected chi connectivity index (χ3v) is 14.1. The highest BCUT2D eigenvalue weighted by Gasteiger charge is 2.88. The minimum absolute atomic E-state index is 0.0606. The molecule has 0 aromatic rings. The lowest BCUT2D eigenvalue weighted by molar-refractivity contribution is -0.354. The molecule has 6 N–H and O–H groups in total. The van der Waals surface area contributed by atoms with E-state index < -0.39 is 75.1 Å². The number of hydrogen-bond acceptors (Lipinski definition) is 10. The van der Waals surface area contributed by atoms with Crippen LogP contribution in [0.5, 0.6) is 0 Å². The van der Waals surface area contributed by atoms with Crippen molar-refractivity contribution in [3.8, 4) is 0 Å². The van der Waals surface area contributed by atoms with E-state index in [0.29, 0.717) is 50.1 Å². The molecule has 0 amide bonds. The van der Waals surface area contributed by atoms with Gasteiger partial charge >= 0.3 is 5.97 Å². The maximum absolute atomic E-state index is 12.9. The van der Waals surface area contributed by atoms with E-state index in [1.165, 1.54) is 0 Å². The molecule has 42 heavy (non-hydrogen) atoms. The Kier molecular flexibility index (Phi) is 6.04. The first-order chi connectivity index (χ1) is 19.5. The first kappa shape index (κ1) is 29.6. The van der Waals surface area contributed by atoms with Crippen LogP contribution in [0.25, 0.3) is 0 Å². The van der Waals surface area contributed by atoms with Crippen LogP contribution in [0.1, 0.15) is 86.0 Å². The minimum Gasteiger partial charge on any atom is -0.453 e. The third-order valence-electron chi connectivity index (χ3n) is 14.1. The van der Waals surface area contributed by atoms with Crippen molar-refractivity contribution in [3.63, 3.8) is 0 Å². The summed E-state index contributed by atoms with van der Waals surface area (Å²) in [5.74, 6) is -4.05. The molecule has 7 fully saturated rings. The Morgan fingerprint density at radius 2 is 1.64 bits per heavy atom. The second-order valence-corrected chi connectivity index (χ2v) is 15.7. The highest BCUT2D eigenvalue weighted by molar-refractivity contribution is 5.87. The topological polar surface area (TPSA) is 160 Å². The molecule has 3 saturated heterocycles. The lowest BCUT2D eigenvalue weighted by Gasteiger charge is -2.68. The van der Waals surface area contributed by atoms with E-state index in [2.05, 4.69) is 11.8 Å². The molecule has 4 aliphatic carbocycles. The Morgan fingerprint density at radius 1 is 0.952 bits per heavy atom. The van der Waals surface area contributed by atoms with E-state index in [-0.39, 0.29) is 25.4 Å². The van der Waals surface area contributed by atoms with Crippen molar-refractivity contribution >= 4 is 5.97 Å². The van der Waals surface area contributed by atoms with Gasteiger partial charge < -0.3 is 40.1 Å². The fourth-order valence-electron chi connectivity index (χ4n) is 11.8. The summed E-state index contributed by atoms with van der Waals surface area (Å²) in [6, 6.07) is -0.387. The van der Waals surface area contributed by atoms with Crippen molar-refractivity contribution in [2.24, 2.45) is 29.1 Å². The number of carbonyl (C=O) groups excluding carboxylic acids is 1. The second-order valence-electron chi connectivity index (χ2n) is 15.7. The Morgan fingerprint density at radius 3 is 2.33 bits per heavy atom. The van der Waals surface area contributed by atoms with Gasteiger partial charge in [-0.3, -0.25) is 4.90 Å². The van der Waals surface area contributed by atoms with Gasteiger partial charge in [0.15, 0.2) is 6.10 Å². The second kappa shape index (κ2) is 8.57.